The minimum atomic E-state index is -0.0422. The largest absolute Gasteiger partial charge is 0.368 e. The maximum absolute atomic E-state index is 12.6. The van der Waals surface area contributed by atoms with Crippen molar-refractivity contribution in [2.45, 2.75) is 49.9 Å². The van der Waals surface area contributed by atoms with Crippen molar-refractivity contribution < 1.29 is 14.4 Å². The zero-order chi connectivity index (χ0) is 21.1. The highest BCUT2D eigenvalue weighted by molar-refractivity contribution is 8.00. The minimum absolute atomic E-state index is 0.0422. The second-order valence-corrected chi connectivity index (χ2v) is 9.61. The van der Waals surface area contributed by atoms with Gasteiger partial charge in [-0.3, -0.25) is 9.59 Å². The number of piperazine rings is 1. The van der Waals surface area contributed by atoms with Crippen molar-refractivity contribution in [2.75, 3.05) is 36.8 Å². The number of unbranched alkanes of at least 4 members (excludes halogenated alkanes) is 1. The van der Waals surface area contributed by atoms with Gasteiger partial charge in [-0.05, 0) is 44.0 Å². The van der Waals surface area contributed by atoms with E-state index in [0.29, 0.717) is 11.7 Å². The first-order chi connectivity index (χ1) is 14.5. The second kappa shape index (κ2) is 9.29. The number of hydrogen-bond acceptors (Lipinski definition) is 5. The fraction of sp³-hybridized carbons (Fsp3) is 0.591. The number of carbonyl (C=O) groups excluding carboxylic acids is 3. The third kappa shape index (κ3) is 4.74. The number of urea groups is 1. The Morgan fingerprint density at radius 1 is 1.07 bits per heavy atom. The molecule has 3 aliphatic heterocycles. The Morgan fingerprint density at radius 2 is 1.80 bits per heavy atom. The third-order valence-corrected chi connectivity index (χ3v) is 7.85. The van der Waals surface area contributed by atoms with Crippen molar-refractivity contribution in [1.29, 1.82) is 0 Å². The molecule has 3 atom stereocenters. The molecule has 1 aromatic rings. The zero-order valence-electron chi connectivity index (χ0n) is 17.4. The summed E-state index contributed by atoms with van der Waals surface area (Å²) in [5, 5.41) is 6.46. The molecule has 0 aromatic heterocycles. The number of benzene rings is 1. The number of fused-ring (bicyclic) bond motifs is 1. The van der Waals surface area contributed by atoms with Gasteiger partial charge in [0, 0.05) is 54.9 Å². The molecule has 0 radical (unpaired) electrons. The fourth-order valence-corrected chi connectivity index (χ4v) is 6.09. The van der Waals surface area contributed by atoms with Crippen LogP contribution in [0.4, 0.5) is 10.5 Å². The van der Waals surface area contributed by atoms with E-state index in [4.69, 9.17) is 0 Å². The summed E-state index contributed by atoms with van der Waals surface area (Å²) in [5.41, 5.74) is 1.83. The van der Waals surface area contributed by atoms with Crippen molar-refractivity contribution in [2.24, 2.45) is 0 Å². The van der Waals surface area contributed by atoms with E-state index in [-0.39, 0.29) is 29.8 Å². The average Bonchev–Trinajstić information content (AvgIpc) is 3.30. The van der Waals surface area contributed by atoms with Crippen LogP contribution in [0.25, 0.3) is 0 Å². The molecule has 0 saturated carbocycles. The molecule has 162 valence electrons. The van der Waals surface area contributed by atoms with Gasteiger partial charge in [-0.2, -0.15) is 11.8 Å². The van der Waals surface area contributed by atoms with Crippen LogP contribution in [-0.4, -0.2) is 71.9 Å². The molecule has 0 unspecified atom stereocenters. The summed E-state index contributed by atoms with van der Waals surface area (Å²) in [6.45, 7) is 4.70. The highest BCUT2D eigenvalue weighted by Crippen LogP contribution is 2.33. The molecule has 0 bridgehead atoms. The normalized spacial score (nSPS) is 25.6. The first kappa shape index (κ1) is 21.0. The van der Waals surface area contributed by atoms with E-state index in [2.05, 4.69) is 15.5 Å². The van der Waals surface area contributed by atoms with Crippen LogP contribution in [-0.2, 0) is 4.79 Å². The summed E-state index contributed by atoms with van der Waals surface area (Å²) < 4.78 is 0. The van der Waals surface area contributed by atoms with Crippen molar-refractivity contribution in [1.82, 2.24) is 15.5 Å². The SMILES string of the molecule is CC(=O)c1ccc(N2CCN(C(=O)CCCC[C@@H]3SC[C@@H]4NC(=O)N[C@@H]43)CC2)cc1. The lowest BCUT2D eigenvalue weighted by Crippen LogP contribution is -2.48. The number of Topliss-reactive ketones (excluding diaryl/α,β-unsaturated/α-hetero) is 1. The van der Waals surface area contributed by atoms with Crippen molar-refractivity contribution in [3.05, 3.63) is 29.8 Å². The molecule has 3 heterocycles. The average molecular weight is 431 g/mol. The Hall–Kier alpha value is -2.22. The molecule has 3 aliphatic rings. The summed E-state index contributed by atoms with van der Waals surface area (Å²) in [6, 6.07) is 8.18. The van der Waals surface area contributed by atoms with Crippen molar-refractivity contribution in [3.63, 3.8) is 0 Å². The Bertz CT molecular complexity index is 792. The Kier molecular flexibility index (Phi) is 6.51. The maximum Gasteiger partial charge on any atom is 0.315 e. The highest BCUT2D eigenvalue weighted by atomic mass is 32.2. The molecule has 3 saturated heterocycles. The molecule has 3 fully saturated rings. The van der Waals surface area contributed by atoms with Gasteiger partial charge >= 0.3 is 6.03 Å². The number of rotatable bonds is 7. The molecule has 2 N–H and O–H groups in total. The van der Waals surface area contributed by atoms with Gasteiger partial charge in [0.15, 0.2) is 5.78 Å². The number of amides is 3. The number of nitrogens with one attached hydrogen (secondary N) is 2. The number of anilines is 1. The van der Waals surface area contributed by atoms with Crippen LogP contribution in [0.2, 0.25) is 0 Å². The van der Waals surface area contributed by atoms with Gasteiger partial charge in [0.25, 0.3) is 0 Å². The number of ketones is 1. The van der Waals surface area contributed by atoms with Crippen LogP contribution in [0.5, 0.6) is 0 Å². The van der Waals surface area contributed by atoms with Crippen LogP contribution in [0.3, 0.4) is 0 Å². The number of hydrogen-bond donors (Lipinski definition) is 2. The van der Waals surface area contributed by atoms with Gasteiger partial charge in [-0.15, -0.1) is 0 Å². The summed E-state index contributed by atoms with van der Waals surface area (Å²) in [4.78, 5) is 39.7. The lowest BCUT2D eigenvalue weighted by molar-refractivity contribution is -0.131. The van der Waals surface area contributed by atoms with Crippen molar-refractivity contribution in [3.8, 4) is 0 Å². The van der Waals surface area contributed by atoms with E-state index >= 15 is 0 Å². The maximum atomic E-state index is 12.6. The van der Waals surface area contributed by atoms with E-state index in [1.54, 1.807) is 6.92 Å². The van der Waals surface area contributed by atoms with Crippen LogP contribution in [0.15, 0.2) is 24.3 Å². The fourth-order valence-electron chi connectivity index (χ4n) is 4.54. The topological polar surface area (TPSA) is 81.8 Å². The standard InChI is InChI=1S/C22H30N4O3S/c1-15(27)16-6-8-17(9-7-16)25-10-12-26(13-11-25)20(28)5-3-2-4-19-21-18(14-30-19)23-22(29)24-21/h6-9,18-19,21H,2-5,10-14H2,1H3,(H2,23,24,29)/t18-,19-,21-/m0/s1. The number of carbonyl (C=O) groups is 3. The predicted molar refractivity (Wildman–Crippen MR) is 119 cm³/mol. The van der Waals surface area contributed by atoms with E-state index < -0.39 is 0 Å². The van der Waals surface area contributed by atoms with E-state index in [1.807, 2.05) is 40.9 Å². The summed E-state index contributed by atoms with van der Waals surface area (Å²) in [7, 11) is 0. The molecule has 7 nitrogen and oxygen atoms in total. The smallest absolute Gasteiger partial charge is 0.315 e. The number of nitrogens with zero attached hydrogens (tertiary/aromatic N) is 2. The first-order valence-corrected chi connectivity index (χ1v) is 11.9. The predicted octanol–water partition coefficient (Wildman–Crippen LogP) is 2.26. The minimum Gasteiger partial charge on any atom is -0.368 e. The van der Waals surface area contributed by atoms with Gasteiger partial charge in [0.1, 0.15) is 0 Å². The molecule has 8 heteroatoms. The molecule has 0 spiro atoms. The third-order valence-electron chi connectivity index (χ3n) is 6.34. The second-order valence-electron chi connectivity index (χ2n) is 8.34. The van der Waals surface area contributed by atoms with Crippen LogP contribution >= 0.6 is 11.8 Å². The monoisotopic (exact) mass is 430 g/mol. The molecule has 0 aliphatic carbocycles. The summed E-state index contributed by atoms with van der Waals surface area (Å²) in [6.07, 6.45) is 3.57. The zero-order valence-corrected chi connectivity index (χ0v) is 18.2. The van der Waals surface area contributed by atoms with E-state index in [0.717, 1.165) is 62.4 Å². The van der Waals surface area contributed by atoms with Crippen LogP contribution in [0.1, 0.15) is 43.0 Å². The van der Waals surface area contributed by atoms with Gasteiger partial charge < -0.3 is 20.4 Å². The Labute approximate surface area is 181 Å². The lowest BCUT2D eigenvalue weighted by Gasteiger charge is -2.36. The number of thioether (sulfide) groups is 1. The molecule has 1 aromatic carbocycles. The van der Waals surface area contributed by atoms with Crippen LogP contribution in [0, 0.1) is 0 Å². The van der Waals surface area contributed by atoms with Gasteiger partial charge in [0.05, 0.1) is 12.1 Å². The first-order valence-electron chi connectivity index (χ1n) is 10.8. The Morgan fingerprint density at radius 3 is 2.50 bits per heavy atom. The van der Waals surface area contributed by atoms with Gasteiger partial charge in [0.2, 0.25) is 5.91 Å². The molecule has 30 heavy (non-hydrogen) atoms. The Balaban J connectivity index is 1.15. The quantitative estimate of drug-likeness (QED) is 0.394. The molecular formula is C22H30N4O3S. The van der Waals surface area contributed by atoms with E-state index in [9.17, 15) is 14.4 Å². The molecular weight excluding hydrogens is 400 g/mol. The van der Waals surface area contributed by atoms with Crippen molar-refractivity contribution >= 4 is 35.2 Å². The summed E-state index contributed by atoms with van der Waals surface area (Å²) in [5.74, 6) is 1.30. The molecule has 3 amide bonds. The lowest BCUT2D eigenvalue weighted by atomic mass is 10.0. The summed E-state index contributed by atoms with van der Waals surface area (Å²) >= 11 is 1.93. The van der Waals surface area contributed by atoms with E-state index in [1.165, 1.54) is 0 Å². The highest BCUT2D eigenvalue weighted by Gasteiger charge is 2.42. The van der Waals surface area contributed by atoms with Gasteiger partial charge in [-0.1, -0.05) is 6.42 Å². The molecule has 4 rings (SSSR count). The van der Waals surface area contributed by atoms with Gasteiger partial charge in [-0.25, -0.2) is 4.79 Å². The van der Waals surface area contributed by atoms with Crippen LogP contribution < -0.4 is 15.5 Å².